The van der Waals surface area contributed by atoms with Gasteiger partial charge in [0.15, 0.2) is 0 Å². The molecule has 1 aliphatic heterocycles. The van der Waals surface area contributed by atoms with E-state index in [-0.39, 0.29) is 43.5 Å². The summed E-state index contributed by atoms with van der Waals surface area (Å²) >= 11 is 5.93. The van der Waals surface area contributed by atoms with E-state index in [0.717, 1.165) is 5.69 Å². The van der Waals surface area contributed by atoms with Gasteiger partial charge in [0.25, 0.3) is 0 Å². The minimum atomic E-state index is -1.22. The van der Waals surface area contributed by atoms with Crippen molar-refractivity contribution in [3.8, 4) is 11.5 Å². The number of hydrogen-bond acceptors (Lipinski definition) is 7. The number of imidazole rings is 1. The summed E-state index contributed by atoms with van der Waals surface area (Å²) in [6.45, 7) is 2.87. The number of aromatic nitrogens is 3. The van der Waals surface area contributed by atoms with Crippen LogP contribution in [-0.4, -0.2) is 41.6 Å². The van der Waals surface area contributed by atoms with Crippen LogP contribution < -0.4 is 0 Å². The Labute approximate surface area is 182 Å². The zero-order chi connectivity index (χ0) is 20.8. The predicted molar refractivity (Wildman–Crippen MR) is 111 cm³/mol. The van der Waals surface area contributed by atoms with Crippen molar-refractivity contribution >= 4 is 30.9 Å². The molecule has 1 N–H and O–H groups in total. The van der Waals surface area contributed by atoms with Crippen molar-refractivity contribution in [3.63, 3.8) is 0 Å². The van der Waals surface area contributed by atoms with E-state index in [1.54, 1.807) is 19.1 Å². The summed E-state index contributed by atoms with van der Waals surface area (Å²) in [6, 6.07) is 5.90. The SMILES string of the molecule is C[C@](O)(CN1Cc2nc(-c3ccc(F)cc3)oc2C1)Cn1cc([N+](=O)[O-])nc1Cl.S. The second-order valence-electron chi connectivity index (χ2n) is 7.29. The molecule has 0 fully saturated rings. The Bertz CT molecular complexity index is 1050. The van der Waals surface area contributed by atoms with Gasteiger partial charge in [-0.1, -0.05) is 0 Å². The Hall–Kier alpha value is -2.47. The summed E-state index contributed by atoms with van der Waals surface area (Å²) in [5.41, 5.74) is 0.230. The van der Waals surface area contributed by atoms with E-state index in [4.69, 9.17) is 16.0 Å². The van der Waals surface area contributed by atoms with E-state index < -0.39 is 10.5 Å². The number of rotatable bonds is 6. The van der Waals surface area contributed by atoms with E-state index >= 15 is 0 Å². The average molecular weight is 456 g/mol. The Kier molecular flexibility index (Phi) is 6.18. The van der Waals surface area contributed by atoms with E-state index in [1.165, 1.54) is 22.9 Å². The number of aliphatic hydroxyl groups is 1. The van der Waals surface area contributed by atoms with Gasteiger partial charge in [-0.2, -0.15) is 13.5 Å². The predicted octanol–water partition coefficient (Wildman–Crippen LogP) is 3.12. The van der Waals surface area contributed by atoms with Gasteiger partial charge >= 0.3 is 11.1 Å². The minimum absolute atomic E-state index is 0. The van der Waals surface area contributed by atoms with E-state index in [0.29, 0.717) is 30.3 Å². The number of β-amino-alcohol motifs (C(OH)–C–C–N with tert-alkyl or cyclic N) is 1. The standard InChI is InChI=1S/C18H17ClFN5O4.H2S/c1-18(26,10-24-8-15(25(27)28)22-17(24)19)9-23-6-13-14(7-23)29-16(21-13)11-2-4-12(20)5-3-11;/h2-5,8,26H,6-7,9-10H2,1H3;1H2/t18-;/m0./s1. The Morgan fingerprint density at radius 1 is 1.30 bits per heavy atom. The van der Waals surface area contributed by atoms with Gasteiger partial charge in [0.05, 0.1) is 24.4 Å². The first-order valence-electron chi connectivity index (χ1n) is 8.76. The molecule has 0 amide bonds. The number of oxazole rings is 1. The van der Waals surface area contributed by atoms with Crippen LogP contribution in [0.1, 0.15) is 18.4 Å². The van der Waals surface area contributed by atoms with Crippen LogP contribution in [0.3, 0.4) is 0 Å². The molecule has 3 heterocycles. The van der Waals surface area contributed by atoms with Crippen molar-refractivity contribution in [1.29, 1.82) is 0 Å². The van der Waals surface area contributed by atoms with Gasteiger partial charge in [0.1, 0.15) is 17.8 Å². The number of hydrogen-bond donors (Lipinski definition) is 1. The van der Waals surface area contributed by atoms with Crippen LogP contribution in [0.5, 0.6) is 0 Å². The molecule has 4 rings (SSSR count). The molecule has 12 heteroatoms. The molecule has 3 aromatic rings. The highest BCUT2D eigenvalue weighted by Gasteiger charge is 2.33. The lowest BCUT2D eigenvalue weighted by Gasteiger charge is -2.28. The highest BCUT2D eigenvalue weighted by atomic mass is 35.5. The van der Waals surface area contributed by atoms with Crippen LogP contribution >= 0.6 is 25.1 Å². The number of fused-ring (bicyclic) bond motifs is 1. The van der Waals surface area contributed by atoms with Gasteiger partial charge in [0.2, 0.25) is 5.89 Å². The summed E-state index contributed by atoms with van der Waals surface area (Å²) < 4.78 is 20.2. The van der Waals surface area contributed by atoms with Crippen LogP contribution in [0.25, 0.3) is 11.5 Å². The van der Waals surface area contributed by atoms with E-state index in [2.05, 4.69) is 9.97 Å². The van der Waals surface area contributed by atoms with Crippen molar-refractivity contribution in [1.82, 2.24) is 19.4 Å². The third-order valence-electron chi connectivity index (χ3n) is 4.59. The molecule has 1 aliphatic rings. The number of benzene rings is 1. The van der Waals surface area contributed by atoms with Gasteiger partial charge in [-0.15, -0.1) is 0 Å². The topological polar surface area (TPSA) is 110 Å². The second-order valence-corrected chi connectivity index (χ2v) is 7.63. The van der Waals surface area contributed by atoms with Crippen molar-refractivity contribution < 1.29 is 18.8 Å². The molecular formula is C18H19ClFN5O4S. The van der Waals surface area contributed by atoms with Crippen LogP contribution in [0.4, 0.5) is 10.2 Å². The molecule has 0 saturated carbocycles. The van der Waals surface area contributed by atoms with Crippen molar-refractivity contribution in [2.24, 2.45) is 0 Å². The Balaban J connectivity index is 0.00000256. The smallest absolute Gasteiger partial charge is 0.383 e. The number of halogens is 2. The molecule has 1 aromatic carbocycles. The van der Waals surface area contributed by atoms with E-state index in [9.17, 15) is 19.6 Å². The first-order valence-corrected chi connectivity index (χ1v) is 9.14. The molecule has 30 heavy (non-hydrogen) atoms. The van der Waals surface area contributed by atoms with Crippen LogP contribution in [-0.2, 0) is 19.6 Å². The first-order chi connectivity index (χ1) is 13.7. The minimum Gasteiger partial charge on any atom is -0.439 e. The maximum absolute atomic E-state index is 13.1. The summed E-state index contributed by atoms with van der Waals surface area (Å²) in [7, 11) is 0. The molecule has 160 valence electrons. The lowest BCUT2D eigenvalue weighted by atomic mass is 10.1. The fraction of sp³-hybridized carbons (Fsp3) is 0.333. The largest absolute Gasteiger partial charge is 0.439 e. The fourth-order valence-corrected chi connectivity index (χ4v) is 3.60. The Morgan fingerprint density at radius 3 is 2.60 bits per heavy atom. The molecule has 9 nitrogen and oxygen atoms in total. The van der Waals surface area contributed by atoms with Crippen molar-refractivity contribution in [2.45, 2.75) is 32.2 Å². The zero-order valence-corrected chi connectivity index (χ0v) is 17.6. The fourth-order valence-electron chi connectivity index (χ4n) is 3.41. The highest BCUT2D eigenvalue weighted by molar-refractivity contribution is 7.59. The van der Waals surface area contributed by atoms with Gasteiger partial charge in [-0.3, -0.25) is 9.47 Å². The first kappa shape index (κ1) is 22.2. The number of nitro groups is 1. The monoisotopic (exact) mass is 455 g/mol. The molecule has 2 aromatic heterocycles. The lowest BCUT2D eigenvalue weighted by Crippen LogP contribution is -2.42. The van der Waals surface area contributed by atoms with Gasteiger partial charge < -0.3 is 19.6 Å². The summed E-state index contributed by atoms with van der Waals surface area (Å²) in [5.74, 6) is 0.420. The van der Waals surface area contributed by atoms with Gasteiger partial charge in [0, 0.05) is 18.7 Å². The van der Waals surface area contributed by atoms with Gasteiger partial charge in [-0.25, -0.2) is 9.37 Å². The highest BCUT2D eigenvalue weighted by Crippen LogP contribution is 2.30. The third-order valence-corrected chi connectivity index (χ3v) is 4.89. The molecule has 0 radical (unpaired) electrons. The summed E-state index contributed by atoms with van der Waals surface area (Å²) in [4.78, 5) is 20.3. The average Bonchev–Trinajstić information content (AvgIpc) is 3.28. The maximum atomic E-state index is 13.1. The maximum Gasteiger partial charge on any atom is 0.383 e. The quantitative estimate of drug-likeness (QED) is 0.449. The molecular weight excluding hydrogens is 437 g/mol. The molecule has 0 aliphatic carbocycles. The van der Waals surface area contributed by atoms with Crippen LogP contribution in [0.15, 0.2) is 34.9 Å². The molecule has 0 bridgehead atoms. The third kappa shape index (κ3) is 4.64. The summed E-state index contributed by atoms with van der Waals surface area (Å²) in [6.07, 6.45) is 1.20. The molecule has 1 atom stereocenters. The normalized spacial score (nSPS) is 15.5. The van der Waals surface area contributed by atoms with Crippen LogP contribution in [0, 0.1) is 15.9 Å². The second kappa shape index (κ2) is 8.34. The van der Waals surface area contributed by atoms with Crippen molar-refractivity contribution in [2.75, 3.05) is 6.54 Å². The molecule has 0 unspecified atom stereocenters. The van der Waals surface area contributed by atoms with E-state index in [1.807, 2.05) is 4.90 Å². The molecule has 0 saturated heterocycles. The summed E-state index contributed by atoms with van der Waals surface area (Å²) in [5, 5.41) is 21.5. The molecule has 0 spiro atoms. The lowest BCUT2D eigenvalue weighted by molar-refractivity contribution is -0.389. The van der Waals surface area contributed by atoms with Crippen molar-refractivity contribution in [3.05, 3.63) is 63.1 Å². The zero-order valence-electron chi connectivity index (χ0n) is 15.9. The van der Waals surface area contributed by atoms with Gasteiger partial charge in [-0.05, 0) is 52.7 Å². The van der Waals surface area contributed by atoms with Crippen LogP contribution in [0.2, 0.25) is 5.28 Å². The number of nitrogens with zero attached hydrogens (tertiary/aromatic N) is 5. The Morgan fingerprint density at radius 2 is 2.00 bits per heavy atom.